The predicted molar refractivity (Wildman–Crippen MR) is 216 cm³/mol. The smallest absolute Gasteiger partial charge is 0.241 e. The second-order valence-electron chi connectivity index (χ2n) is 15.3. The number of fused-ring (bicyclic) bond motifs is 4. The van der Waals surface area contributed by atoms with E-state index in [1.807, 2.05) is 74.5 Å². The van der Waals surface area contributed by atoms with Gasteiger partial charge < -0.3 is 19.5 Å². The van der Waals surface area contributed by atoms with Crippen LogP contribution in [0.1, 0.15) is 25.3 Å². The molecule has 4 amide bonds. The maximum atomic E-state index is 14.6. The molecule has 0 radical (unpaired) electrons. The Balaban J connectivity index is 1.12. The highest BCUT2D eigenvalue weighted by Crippen LogP contribution is 2.61. The highest BCUT2D eigenvalue weighted by Gasteiger charge is 2.67. The number of hydrogen-bond donors (Lipinski definition) is 1. The van der Waals surface area contributed by atoms with Gasteiger partial charge in [-0.15, -0.1) is 0 Å². The molecule has 2 aliphatic carbocycles. The van der Waals surface area contributed by atoms with Crippen molar-refractivity contribution in [3.63, 3.8) is 0 Å². The molecule has 4 aliphatic rings. The number of allylic oxidation sites excluding steroid dienone is 3. The van der Waals surface area contributed by atoms with Crippen molar-refractivity contribution in [3.8, 4) is 17.2 Å². The third kappa shape index (κ3) is 6.16. The van der Waals surface area contributed by atoms with Crippen LogP contribution in [0.3, 0.4) is 0 Å². The maximum absolute atomic E-state index is 14.6. The molecule has 6 unspecified atom stereocenters. The number of ether oxygens (including phenoxy) is 2. The highest BCUT2D eigenvalue weighted by atomic mass is 16.5. The Kier molecular flexibility index (Phi) is 9.51. The molecule has 4 aromatic carbocycles. The van der Waals surface area contributed by atoms with E-state index in [1.54, 1.807) is 60.7 Å². The monoisotopic (exact) mass is 765 g/mol. The Morgan fingerprint density at radius 2 is 1.37 bits per heavy atom. The lowest BCUT2D eigenvalue weighted by Crippen LogP contribution is -2.49. The van der Waals surface area contributed by atoms with Crippen LogP contribution in [0.5, 0.6) is 17.2 Å². The first-order valence-corrected chi connectivity index (χ1v) is 18.9. The second-order valence-corrected chi connectivity index (χ2v) is 15.3. The summed E-state index contributed by atoms with van der Waals surface area (Å²) < 4.78 is 10.8. The van der Waals surface area contributed by atoms with E-state index in [0.29, 0.717) is 34.7 Å². The van der Waals surface area contributed by atoms with Crippen molar-refractivity contribution in [1.29, 1.82) is 0 Å². The summed E-state index contributed by atoms with van der Waals surface area (Å²) >= 11 is 0. The summed E-state index contributed by atoms with van der Waals surface area (Å²) in [4.78, 5) is 62.2. The largest absolute Gasteiger partial charge is 0.502 e. The summed E-state index contributed by atoms with van der Waals surface area (Å²) in [5.74, 6) is -4.15. The topological polar surface area (TPSA) is 141 Å². The Bertz CT molecular complexity index is 2330. The number of benzene rings is 4. The lowest BCUT2D eigenvalue weighted by Gasteiger charge is -2.47. The van der Waals surface area contributed by atoms with Crippen LogP contribution in [-0.4, -0.2) is 57.1 Å². The number of carbonyl (C=O) groups is 4. The number of carbonyl (C=O) groups excluding carboxylic acids is 4. The van der Waals surface area contributed by atoms with E-state index in [4.69, 9.17) is 9.47 Å². The number of nitrogens with zero attached hydrogens (tertiary/aromatic N) is 5. The predicted octanol–water partition coefficient (Wildman–Crippen LogP) is 7.87. The molecule has 12 heteroatoms. The van der Waals surface area contributed by atoms with Crippen LogP contribution in [0.15, 0.2) is 119 Å². The Morgan fingerprint density at radius 1 is 0.772 bits per heavy atom. The molecule has 2 saturated heterocycles. The van der Waals surface area contributed by atoms with Crippen molar-refractivity contribution >= 4 is 58.1 Å². The van der Waals surface area contributed by atoms with Gasteiger partial charge in [0.1, 0.15) is 0 Å². The number of phenolic OH excluding ortho intramolecular Hbond substituents is 1. The van der Waals surface area contributed by atoms with Crippen molar-refractivity contribution in [2.24, 2.45) is 45.2 Å². The van der Waals surface area contributed by atoms with Gasteiger partial charge in [-0.05, 0) is 104 Å². The Morgan fingerprint density at radius 3 is 1.96 bits per heavy atom. The lowest BCUT2D eigenvalue weighted by atomic mass is 9.52. The molecule has 0 aromatic heterocycles. The van der Waals surface area contributed by atoms with Gasteiger partial charge in [0.15, 0.2) is 11.5 Å². The van der Waals surface area contributed by atoms with E-state index in [-0.39, 0.29) is 47.3 Å². The van der Waals surface area contributed by atoms with Crippen LogP contribution in [0.25, 0.3) is 6.08 Å². The third-order valence-corrected chi connectivity index (χ3v) is 12.1. The molecular weight excluding hydrogens is 723 g/mol. The molecule has 0 bridgehead atoms. The molecule has 6 atom stereocenters. The number of azo groups is 1. The highest BCUT2D eigenvalue weighted by molar-refractivity contribution is 6.25. The Hall–Kier alpha value is -6.56. The fourth-order valence-corrected chi connectivity index (χ4v) is 9.11. The number of methoxy groups -OCH3 is 2. The van der Waals surface area contributed by atoms with Crippen LogP contribution < -0.4 is 24.2 Å². The van der Waals surface area contributed by atoms with E-state index in [1.165, 1.54) is 24.0 Å². The molecule has 4 aromatic rings. The van der Waals surface area contributed by atoms with E-state index < -0.39 is 35.0 Å². The number of imide groups is 2. The van der Waals surface area contributed by atoms with Gasteiger partial charge in [0.05, 0.1) is 60.1 Å². The zero-order valence-electron chi connectivity index (χ0n) is 32.3. The summed E-state index contributed by atoms with van der Waals surface area (Å²) in [5, 5.41) is 19.2. The van der Waals surface area contributed by atoms with Gasteiger partial charge in [-0.25, -0.2) is 4.90 Å². The second kappa shape index (κ2) is 14.5. The molecule has 8 rings (SSSR count). The van der Waals surface area contributed by atoms with Crippen LogP contribution in [0, 0.1) is 35.0 Å². The van der Waals surface area contributed by atoms with Gasteiger partial charge in [-0.1, -0.05) is 42.0 Å². The molecule has 2 heterocycles. The van der Waals surface area contributed by atoms with Crippen molar-refractivity contribution in [1.82, 2.24) is 0 Å². The molecule has 290 valence electrons. The van der Waals surface area contributed by atoms with Gasteiger partial charge in [-0.3, -0.25) is 24.1 Å². The van der Waals surface area contributed by atoms with Gasteiger partial charge in [0.25, 0.3) is 0 Å². The van der Waals surface area contributed by atoms with Crippen LogP contribution in [0.2, 0.25) is 0 Å². The van der Waals surface area contributed by atoms with Gasteiger partial charge in [0.2, 0.25) is 29.4 Å². The number of amides is 4. The number of rotatable bonds is 9. The quantitative estimate of drug-likeness (QED) is 0.103. The maximum Gasteiger partial charge on any atom is 0.241 e. The number of phenols is 1. The number of aromatic hydroxyl groups is 1. The minimum Gasteiger partial charge on any atom is -0.502 e. The fraction of sp³-hybridized carbons (Fsp3) is 0.289. The van der Waals surface area contributed by atoms with E-state index >= 15 is 0 Å². The Labute approximate surface area is 330 Å². The van der Waals surface area contributed by atoms with Gasteiger partial charge in [-0.2, -0.15) is 10.2 Å². The SMILES string of the molecule is COc1cc(C=CC2C3=CCC4C(=O)N(c5ccc(N=Nc6ccc(N(C)C)cc6)cc5)C(=O)C4C3CC3C(=O)N(c4ccccc4)C(=O)C23C)cc(OC)c1O. The van der Waals surface area contributed by atoms with Crippen LogP contribution in [-0.2, 0) is 19.2 Å². The molecule has 57 heavy (non-hydrogen) atoms. The molecule has 0 spiro atoms. The van der Waals surface area contributed by atoms with Crippen molar-refractivity contribution in [2.75, 3.05) is 43.0 Å². The van der Waals surface area contributed by atoms with Crippen LogP contribution in [0.4, 0.5) is 28.4 Å². The van der Waals surface area contributed by atoms with Crippen molar-refractivity contribution in [2.45, 2.75) is 19.8 Å². The third-order valence-electron chi connectivity index (χ3n) is 12.1. The number of anilines is 3. The van der Waals surface area contributed by atoms with E-state index in [9.17, 15) is 24.3 Å². The first-order valence-electron chi connectivity index (χ1n) is 18.9. The van der Waals surface area contributed by atoms with Gasteiger partial charge >= 0.3 is 0 Å². The average molecular weight is 766 g/mol. The van der Waals surface area contributed by atoms with E-state index in [2.05, 4.69) is 10.2 Å². The lowest BCUT2D eigenvalue weighted by molar-refractivity contribution is -0.132. The summed E-state index contributed by atoms with van der Waals surface area (Å²) in [6, 6.07) is 26.7. The average Bonchev–Trinajstić information content (AvgIpc) is 3.59. The first kappa shape index (κ1) is 37.4. The summed E-state index contributed by atoms with van der Waals surface area (Å²) in [6.07, 6.45) is 6.28. The minimum atomic E-state index is -1.19. The first-order chi connectivity index (χ1) is 27.5. The summed E-state index contributed by atoms with van der Waals surface area (Å²) in [6.45, 7) is 1.84. The zero-order valence-corrected chi connectivity index (χ0v) is 32.3. The van der Waals surface area contributed by atoms with Crippen LogP contribution >= 0.6 is 0 Å². The van der Waals surface area contributed by atoms with E-state index in [0.717, 1.165) is 11.3 Å². The molecule has 2 aliphatic heterocycles. The number of hydrogen-bond acceptors (Lipinski definition) is 10. The molecular formula is C45H43N5O7. The molecule has 1 N–H and O–H groups in total. The fourth-order valence-electron chi connectivity index (χ4n) is 9.11. The van der Waals surface area contributed by atoms with Crippen molar-refractivity contribution < 1.29 is 33.8 Å². The standard InChI is InChI=1S/C45H43N5O7/c1-45-35(22-11-26-23-37(56-4)40(51)38(24-26)57-5)32-20-21-33-39(34(32)25-36(45)42(53)50(44(45)55)30-9-7-6-8-10-30)43(54)49(41(33)52)31-18-14-28(15-19-31)47-46-27-12-16-29(17-13-27)48(2)3/h6-20,22-24,33-36,39,51H,21,25H2,1-5H3. The normalized spacial score (nSPS) is 25.5. The molecule has 3 fully saturated rings. The zero-order chi connectivity index (χ0) is 40.2. The molecule has 12 nitrogen and oxygen atoms in total. The summed E-state index contributed by atoms with van der Waals surface area (Å²) in [7, 11) is 6.82. The van der Waals surface area contributed by atoms with Crippen molar-refractivity contribution in [3.05, 3.63) is 114 Å². The van der Waals surface area contributed by atoms with Gasteiger partial charge in [0, 0.05) is 25.7 Å². The number of para-hydroxylation sites is 1. The minimum absolute atomic E-state index is 0.142. The molecule has 1 saturated carbocycles. The summed E-state index contributed by atoms with van der Waals surface area (Å²) in [5.41, 5.74) is 3.53.